The second-order valence-corrected chi connectivity index (χ2v) is 8.32. The lowest BCUT2D eigenvalue weighted by atomic mass is 9.98. The van der Waals surface area contributed by atoms with Crippen LogP contribution in [0.4, 0.5) is 0 Å². The highest BCUT2D eigenvalue weighted by molar-refractivity contribution is 7.18. The number of likely N-dealkylation sites (tertiary alicyclic amines) is 1. The van der Waals surface area contributed by atoms with E-state index in [1.54, 1.807) is 18.7 Å². The summed E-state index contributed by atoms with van der Waals surface area (Å²) >= 11 is 1.49. The summed E-state index contributed by atoms with van der Waals surface area (Å²) in [5, 5.41) is 0.627. The fourth-order valence-corrected chi connectivity index (χ4v) is 4.69. The highest BCUT2D eigenvalue weighted by Gasteiger charge is 2.46. The monoisotopic (exact) mass is 391 g/mol. The number of ether oxygens (including phenoxy) is 1. The van der Waals surface area contributed by atoms with Gasteiger partial charge >= 0.3 is 5.97 Å². The summed E-state index contributed by atoms with van der Waals surface area (Å²) in [5.41, 5.74) is -0.115. The topological polar surface area (TPSA) is 92.4 Å². The molecule has 8 heteroatoms. The van der Waals surface area contributed by atoms with Crippen LogP contribution >= 0.6 is 11.3 Å². The van der Waals surface area contributed by atoms with E-state index in [-0.39, 0.29) is 23.9 Å². The van der Waals surface area contributed by atoms with Crippen LogP contribution in [-0.2, 0) is 20.7 Å². The van der Waals surface area contributed by atoms with Gasteiger partial charge in [0.1, 0.15) is 16.2 Å². The number of carbonyl (C=O) groups is 2. The summed E-state index contributed by atoms with van der Waals surface area (Å²) in [5.74, 6) is 0.0248. The summed E-state index contributed by atoms with van der Waals surface area (Å²) in [6.07, 6.45) is 1.89. The Morgan fingerprint density at radius 2 is 2.11 bits per heavy atom. The van der Waals surface area contributed by atoms with E-state index in [9.17, 15) is 14.4 Å². The molecule has 1 amide bonds. The number of hydrogen-bond acceptors (Lipinski definition) is 6. The molecule has 2 aromatic rings. The summed E-state index contributed by atoms with van der Waals surface area (Å²) in [7, 11) is 0. The molecule has 7 nitrogen and oxygen atoms in total. The standard InChI is InChI=1S/C19H25N3O4S/c1-5-26-18(25)19(4)9-6-10-22(19)14(23)8-7-13-20-16(24)15-11(2)12(3)27-17(15)21-13/h5-10H2,1-4H3,(H,20,21,24)/t19-/m0/s1. The van der Waals surface area contributed by atoms with E-state index in [4.69, 9.17) is 4.74 Å². The van der Waals surface area contributed by atoms with Crippen molar-refractivity contribution in [2.75, 3.05) is 13.2 Å². The van der Waals surface area contributed by atoms with Gasteiger partial charge < -0.3 is 14.6 Å². The van der Waals surface area contributed by atoms with E-state index in [1.807, 2.05) is 13.8 Å². The summed E-state index contributed by atoms with van der Waals surface area (Å²) in [6, 6.07) is 0. The minimum atomic E-state index is -0.903. The van der Waals surface area contributed by atoms with Crippen molar-refractivity contribution in [1.29, 1.82) is 0 Å². The Kier molecular flexibility index (Phi) is 5.37. The number of fused-ring (bicyclic) bond motifs is 1. The van der Waals surface area contributed by atoms with Crippen LogP contribution in [0.5, 0.6) is 0 Å². The predicted molar refractivity (Wildman–Crippen MR) is 104 cm³/mol. The maximum absolute atomic E-state index is 12.8. The molecule has 146 valence electrons. The Balaban J connectivity index is 1.75. The van der Waals surface area contributed by atoms with Gasteiger partial charge in [-0.25, -0.2) is 9.78 Å². The molecule has 1 aliphatic rings. The van der Waals surface area contributed by atoms with Crippen molar-refractivity contribution >= 4 is 33.4 Å². The zero-order chi connectivity index (χ0) is 19.8. The van der Waals surface area contributed by atoms with E-state index in [0.717, 1.165) is 16.9 Å². The number of carbonyl (C=O) groups excluding carboxylic acids is 2. The van der Waals surface area contributed by atoms with Crippen LogP contribution in [0.1, 0.15) is 49.4 Å². The van der Waals surface area contributed by atoms with Crippen molar-refractivity contribution < 1.29 is 14.3 Å². The number of rotatable bonds is 5. The number of esters is 1. The first-order valence-corrected chi connectivity index (χ1v) is 10.1. The normalized spacial score (nSPS) is 19.6. The molecule has 3 heterocycles. The number of thiophene rings is 1. The number of aromatic amines is 1. The molecule has 1 N–H and O–H groups in total. The van der Waals surface area contributed by atoms with Crippen molar-refractivity contribution in [3.63, 3.8) is 0 Å². The van der Waals surface area contributed by atoms with Gasteiger partial charge in [-0.05, 0) is 46.1 Å². The third-order valence-corrected chi connectivity index (χ3v) is 6.42. The number of amides is 1. The maximum Gasteiger partial charge on any atom is 0.331 e. The van der Waals surface area contributed by atoms with Crippen LogP contribution in [0, 0.1) is 13.8 Å². The average molecular weight is 391 g/mol. The van der Waals surface area contributed by atoms with E-state index in [2.05, 4.69) is 9.97 Å². The Morgan fingerprint density at radius 1 is 1.37 bits per heavy atom. The molecule has 0 aliphatic carbocycles. The zero-order valence-electron chi connectivity index (χ0n) is 16.2. The van der Waals surface area contributed by atoms with E-state index >= 15 is 0 Å². The first kappa shape index (κ1) is 19.5. The first-order chi connectivity index (χ1) is 12.8. The molecule has 27 heavy (non-hydrogen) atoms. The molecular weight excluding hydrogens is 366 g/mol. The predicted octanol–water partition coefficient (Wildman–Crippen LogP) is 2.48. The fourth-order valence-electron chi connectivity index (χ4n) is 3.64. The summed E-state index contributed by atoms with van der Waals surface area (Å²) < 4.78 is 5.16. The van der Waals surface area contributed by atoms with Gasteiger partial charge in [-0.3, -0.25) is 9.59 Å². The van der Waals surface area contributed by atoms with Crippen LogP contribution in [0.3, 0.4) is 0 Å². The van der Waals surface area contributed by atoms with Gasteiger partial charge in [-0.15, -0.1) is 11.3 Å². The van der Waals surface area contributed by atoms with E-state index in [0.29, 0.717) is 42.0 Å². The highest BCUT2D eigenvalue weighted by Crippen LogP contribution is 2.31. The minimum absolute atomic E-state index is 0.121. The lowest BCUT2D eigenvalue weighted by Crippen LogP contribution is -2.51. The Labute approximate surface area is 161 Å². The van der Waals surface area contributed by atoms with Gasteiger partial charge in [0, 0.05) is 24.3 Å². The molecule has 0 spiro atoms. The molecule has 2 aromatic heterocycles. The molecule has 0 unspecified atom stereocenters. The third-order valence-electron chi connectivity index (χ3n) is 5.32. The van der Waals surface area contributed by atoms with Gasteiger partial charge in [-0.1, -0.05) is 0 Å². The first-order valence-electron chi connectivity index (χ1n) is 9.24. The summed E-state index contributed by atoms with van der Waals surface area (Å²) in [4.78, 5) is 48.1. The van der Waals surface area contributed by atoms with Gasteiger partial charge in [0.25, 0.3) is 5.56 Å². The Bertz CT molecular complexity index is 948. The fraction of sp³-hybridized carbons (Fsp3) is 0.579. The highest BCUT2D eigenvalue weighted by atomic mass is 32.1. The van der Waals surface area contributed by atoms with Crippen molar-refractivity contribution in [1.82, 2.24) is 14.9 Å². The number of H-pyrrole nitrogens is 1. The molecule has 1 aliphatic heterocycles. The molecule has 3 rings (SSSR count). The van der Waals surface area contributed by atoms with Gasteiger partial charge in [0.15, 0.2) is 0 Å². The quantitative estimate of drug-likeness (QED) is 0.791. The van der Waals surface area contributed by atoms with Crippen LogP contribution in [-0.4, -0.2) is 45.4 Å². The molecule has 0 radical (unpaired) electrons. The van der Waals surface area contributed by atoms with Crippen molar-refractivity contribution in [3.8, 4) is 0 Å². The molecular formula is C19H25N3O4S. The van der Waals surface area contributed by atoms with Gasteiger partial charge in [-0.2, -0.15) is 0 Å². The molecule has 0 aromatic carbocycles. The number of aryl methyl sites for hydroxylation is 3. The average Bonchev–Trinajstić information content (AvgIpc) is 3.14. The van der Waals surface area contributed by atoms with Crippen LogP contribution in [0.15, 0.2) is 4.79 Å². The van der Waals surface area contributed by atoms with Crippen molar-refractivity contribution in [2.24, 2.45) is 0 Å². The third kappa shape index (κ3) is 3.50. The lowest BCUT2D eigenvalue weighted by molar-refractivity contribution is -0.160. The number of hydrogen-bond donors (Lipinski definition) is 1. The van der Waals surface area contributed by atoms with Crippen LogP contribution < -0.4 is 5.56 Å². The van der Waals surface area contributed by atoms with Gasteiger partial charge in [0.2, 0.25) is 5.91 Å². The SMILES string of the molecule is CCOC(=O)[C@]1(C)CCCN1C(=O)CCc1nc2sc(C)c(C)c2c(=O)[nH]1. The second kappa shape index (κ2) is 7.42. The largest absolute Gasteiger partial charge is 0.464 e. The molecule has 1 fully saturated rings. The second-order valence-electron chi connectivity index (χ2n) is 7.12. The minimum Gasteiger partial charge on any atom is -0.464 e. The van der Waals surface area contributed by atoms with Crippen LogP contribution in [0.2, 0.25) is 0 Å². The number of aromatic nitrogens is 2. The zero-order valence-corrected chi connectivity index (χ0v) is 17.0. The van der Waals surface area contributed by atoms with Crippen LogP contribution in [0.25, 0.3) is 10.2 Å². The van der Waals surface area contributed by atoms with Crippen molar-refractivity contribution in [2.45, 2.75) is 58.9 Å². The Morgan fingerprint density at radius 3 is 2.81 bits per heavy atom. The van der Waals surface area contributed by atoms with E-state index in [1.165, 1.54) is 11.3 Å². The smallest absolute Gasteiger partial charge is 0.331 e. The molecule has 0 saturated carbocycles. The molecule has 0 bridgehead atoms. The molecule has 1 atom stereocenters. The Hall–Kier alpha value is -2.22. The number of nitrogens with one attached hydrogen (secondary N) is 1. The van der Waals surface area contributed by atoms with Gasteiger partial charge in [0.05, 0.1) is 12.0 Å². The van der Waals surface area contributed by atoms with E-state index < -0.39 is 5.54 Å². The van der Waals surface area contributed by atoms with Crippen molar-refractivity contribution in [3.05, 3.63) is 26.6 Å². The molecule has 1 saturated heterocycles. The summed E-state index contributed by atoms with van der Waals surface area (Å²) in [6.45, 7) is 8.24. The number of nitrogens with zero attached hydrogens (tertiary/aromatic N) is 2. The maximum atomic E-state index is 12.8. The lowest BCUT2D eigenvalue weighted by Gasteiger charge is -2.32.